The minimum Gasteiger partial charge on any atom is -0.506 e. The minimum absolute atomic E-state index is 0.0456. The molecule has 3 aromatic carbocycles. The Morgan fingerprint density at radius 1 is 0.926 bits per heavy atom. The van der Waals surface area contributed by atoms with Gasteiger partial charge in [0.2, 0.25) is 0 Å². The first-order valence-electron chi connectivity index (χ1n) is 8.43. The highest BCUT2D eigenvalue weighted by atomic mass is 16.4. The van der Waals surface area contributed by atoms with Crippen molar-refractivity contribution in [1.29, 1.82) is 0 Å². The molecule has 0 spiro atoms. The Hall–Kier alpha value is -3.51. The molecule has 1 unspecified atom stereocenters. The SMILES string of the molecule is O=C(O)c1ccc(C(N=Nc2ccccc2O)NCc2ccccc2)cc1. The second kappa shape index (κ2) is 8.73. The molecule has 0 saturated carbocycles. The summed E-state index contributed by atoms with van der Waals surface area (Å²) in [6, 6.07) is 23.0. The molecule has 6 nitrogen and oxygen atoms in total. The van der Waals surface area contributed by atoms with E-state index in [0.717, 1.165) is 11.1 Å². The first kappa shape index (κ1) is 18.3. The van der Waals surface area contributed by atoms with Crippen LogP contribution in [0.5, 0.6) is 5.75 Å². The van der Waals surface area contributed by atoms with Crippen molar-refractivity contribution < 1.29 is 15.0 Å². The van der Waals surface area contributed by atoms with Gasteiger partial charge in [0.05, 0.1) is 5.56 Å². The molecule has 0 aliphatic carbocycles. The number of hydrogen-bond donors (Lipinski definition) is 3. The number of phenolic OH excluding ortho intramolecular Hbond substituents is 1. The van der Waals surface area contributed by atoms with Crippen molar-refractivity contribution in [3.05, 3.63) is 95.6 Å². The van der Waals surface area contributed by atoms with Crippen LogP contribution in [0.2, 0.25) is 0 Å². The van der Waals surface area contributed by atoms with Gasteiger partial charge in [-0.15, -0.1) is 0 Å². The van der Waals surface area contributed by atoms with Gasteiger partial charge in [-0.2, -0.15) is 10.2 Å². The second-order valence-electron chi connectivity index (χ2n) is 5.90. The van der Waals surface area contributed by atoms with Crippen molar-refractivity contribution in [2.45, 2.75) is 12.7 Å². The van der Waals surface area contributed by atoms with Gasteiger partial charge in [0.1, 0.15) is 17.6 Å². The van der Waals surface area contributed by atoms with Gasteiger partial charge < -0.3 is 10.2 Å². The molecule has 0 amide bonds. The fourth-order valence-corrected chi connectivity index (χ4v) is 2.51. The van der Waals surface area contributed by atoms with Gasteiger partial charge >= 0.3 is 5.97 Å². The van der Waals surface area contributed by atoms with E-state index in [9.17, 15) is 9.90 Å². The molecular formula is C21H19N3O3. The quantitative estimate of drug-likeness (QED) is 0.533. The molecule has 3 N–H and O–H groups in total. The maximum atomic E-state index is 11.1. The third kappa shape index (κ3) is 4.99. The number of para-hydroxylation sites is 1. The van der Waals surface area contributed by atoms with E-state index in [2.05, 4.69) is 15.5 Å². The van der Waals surface area contributed by atoms with E-state index < -0.39 is 12.1 Å². The number of azo groups is 1. The van der Waals surface area contributed by atoms with Crippen LogP contribution < -0.4 is 5.32 Å². The van der Waals surface area contributed by atoms with Crippen molar-refractivity contribution >= 4 is 11.7 Å². The number of benzene rings is 3. The molecule has 0 aromatic heterocycles. The summed E-state index contributed by atoms with van der Waals surface area (Å²) in [4.78, 5) is 11.1. The third-order valence-electron chi connectivity index (χ3n) is 3.98. The van der Waals surface area contributed by atoms with Crippen molar-refractivity contribution in [3.63, 3.8) is 0 Å². The van der Waals surface area contributed by atoms with Crippen LogP contribution in [0.25, 0.3) is 0 Å². The van der Waals surface area contributed by atoms with Crippen LogP contribution >= 0.6 is 0 Å². The van der Waals surface area contributed by atoms with Gasteiger partial charge in [-0.1, -0.05) is 54.6 Å². The molecule has 0 saturated heterocycles. The van der Waals surface area contributed by atoms with Crippen LogP contribution in [-0.2, 0) is 6.54 Å². The molecule has 3 rings (SSSR count). The van der Waals surface area contributed by atoms with Crippen LogP contribution in [0.4, 0.5) is 5.69 Å². The zero-order chi connectivity index (χ0) is 19.1. The third-order valence-corrected chi connectivity index (χ3v) is 3.98. The van der Waals surface area contributed by atoms with Gasteiger partial charge in [0, 0.05) is 6.54 Å². The standard InChI is InChI=1S/C21H19N3O3/c25-19-9-5-4-8-18(19)23-24-20(22-14-15-6-2-1-3-7-15)16-10-12-17(13-11-16)21(26)27/h1-13,20,22,25H,14H2,(H,26,27). The van der Waals surface area contributed by atoms with E-state index >= 15 is 0 Å². The molecule has 0 radical (unpaired) electrons. The molecular weight excluding hydrogens is 342 g/mol. The smallest absolute Gasteiger partial charge is 0.335 e. The number of hydrogen-bond acceptors (Lipinski definition) is 5. The summed E-state index contributed by atoms with van der Waals surface area (Å²) in [6.07, 6.45) is -0.493. The topological polar surface area (TPSA) is 94.3 Å². The summed E-state index contributed by atoms with van der Waals surface area (Å²) in [5.41, 5.74) is 2.43. The maximum absolute atomic E-state index is 11.1. The minimum atomic E-state index is -0.980. The predicted octanol–water partition coefficient (Wildman–Crippen LogP) is 4.66. The zero-order valence-electron chi connectivity index (χ0n) is 14.5. The van der Waals surface area contributed by atoms with E-state index in [1.54, 1.807) is 36.4 Å². The molecule has 0 aliphatic rings. The maximum Gasteiger partial charge on any atom is 0.335 e. The fraction of sp³-hybridized carbons (Fsp3) is 0.0952. The molecule has 3 aromatic rings. The van der Waals surface area contributed by atoms with Gasteiger partial charge in [-0.3, -0.25) is 5.32 Å². The van der Waals surface area contributed by atoms with Crippen LogP contribution in [0.1, 0.15) is 27.7 Å². The summed E-state index contributed by atoms with van der Waals surface area (Å²) in [6.45, 7) is 0.561. The highest BCUT2D eigenvalue weighted by Gasteiger charge is 2.12. The zero-order valence-corrected chi connectivity index (χ0v) is 14.5. The summed E-state index contributed by atoms with van der Waals surface area (Å²) < 4.78 is 0. The second-order valence-corrected chi connectivity index (χ2v) is 5.90. The van der Waals surface area contributed by atoms with E-state index in [1.165, 1.54) is 12.1 Å². The number of nitrogens with zero attached hydrogens (tertiary/aromatic N) is 2. The Morgan fingerprint density at radius 2 is 1.59 bits per heavy atom. The van der Waals surface area contributed by atoms with Crippen LogP contribution in [0.3, 0.4) is 0 Å². The van der Waals surface area contributed by atoms with E-state index in [-0.39, 0.29) is 11.3 Å². The van der Waals surface area contributed by atoms with Crippen molar-refractivity contribution in [1.82, 2.24) is 5.32 Å². The summed E-state index contributed by atoms with van der Waals surface area (Å²) in [5.74, 6) is -0.935. The Balaban J connectivity index is 1.83. The van der Waals surface area contributed by atoms with Crippen molar-refractivity contribution in [2.24, 2.45) is 10.2 Å². The monoisotopic (exact) mass is 361 g/mol. The molecule has 27 heavy (non-hydrogen) atoms. The Kier molecular flexibility index (Phi) is 5.91. The van der Waals surface area contributed by atoms with Crippen LogP contribution in [-0.4, -0.2) is 16.2 Å². The molecule has 0 aliphatic heterocycles. The van der Waals surface area contributed by atoms with Crippen LogP contribution in [0, 0.1) is 0 Å². The fourth-order valence-electron chi connectivity index (χ4n) is 2.51. The lowest BCUT2D eigenvalue weighted by Gasteiger charge is -2.14. The number of rotatable bonds is 7. The lowest BCUT2D eigenvalue weighted by Crippen LogP contribution is -2.19. The van der Waals surface area contributed by atoms with Crippen molar-refractivity contribution in [3.8, 4) is 5.75 Å². The molecule has 1 atom stereocenters. The van der Waals surface area contributed by atoms with E-state index in [1.807, 2.05) is 30.3 Å². The molecule has 0 heterocycles. The summed E-state index contributed by atoms with van der Waals surface area (Å²) in [5, 5.41) is 30.7. The average Bonchev–Trinajstić information content (AvgIpc) is 2.70. The van der Waals surface area contributed by atoms with E-state index in [0.29, 0.717) is 12.2 Å². The van der Waals surface area contributed by atoms with Gasteiger partial charge in [0.15, 0.2) is 0 Å². The van der Waals surface area contributed by atoms with Gasteiger partial charge in [0.25, 0.3) is 0 Å². The number of carboxylic acids is 1. The average molecular weight is 361 g/mol. The highest BCUT2D eigenvalue weighted by molar-refractivity contribution is 5.87. The summed E-state index contributed by atoms with van der Waals surface area (Å²) in [7, 11) is 0. The predicted molar refractivity (Wildman–Crippen MR) is 102 cm³/mol. The lowest BCUT2D eigenvalue weighted by molar-refractivity contribution is 0.0697. The van der Waals surface area contributed by atoms with Crippen molar-refractivity contribution in [2.75, 3.05) is 0 Å². The molecule has 6 heteroatoms. The number of aromatic carboxylic acids is 1. The van der Waals surface area contributed by atoms with E-state index in [4.69, 9.17) is 5.11 Å². The Bertz CT molecular complexity index is 925. The first-order chi connectivity index (χ1) is 13.1. The largest absolute Gasteiger partial charge is 0.506 e. The highest BCUT2D eigenvalue weighted by Crippen LogP contribution is 2.27. The number of carbonyl (C=O) groups is 1. The number of carboxylic acid groups (broad SMARTS) is 1. The van der Waals surface area contributed by atoms with Crippen LogP contribution in [0.15, 0.2) is 89.1 Å². The number of nitrogens with one attached hydrogen (secondary N) is 1. The number of aromatic hydroxyl groups is 1. The number of phenols is 1. The Labute approximate surface area is 156 Å². The van der Waals surface area contributed by atoms with Gasteiger partial charge in [-0.25, -0.2) is 4.79 Å². The normalized spacial score (nSPS) is 12.1. The van der Waals surface area contributed by atoms with Gasteiger partial charge in [-0.05, 0) is 35.4 Å². The lowest BCUT2D eigenvalue weighted by atomic mass is 10.1. The molecule has 0 fully saturated rings. The summed E-state index contributed by atoms with van der Waals surface area (Å²) >= 11 is 0. The Morgan fingerprint density at radius 3 is 2.26 bits per heavy atom. The molecule has 0 bridgehead atoms. The molecule has 136 valence electrons. The first-order valence-corrected chi connectivity index (χ1v) is 8.43.